The summed E-state index contributed by atoms with van der Waals surface area (Å²) in [5.41, 5.74) is 0.749. The minimum absolute atomic E-state index is 0.174. The number of hydrogen-bond acceptors (Lipinski definition) is 5. The van der Waals surface area contributed by atoms with Gasteiger partial charge in [-0.1, -0.05) is 13.8 Å². The van der Waals surface area contributed by atoms with Gasteiger partial charge in [-0.25, -0.2) is 9.78 Å². The molecule has 0 spiro atoms. The van der Waals surface area contributed by atoms with Crippen molar-refractivity contribution in [2.45, 2.75) is 39.3 Å². The SMILES string of the molecule is CC[C@H]1[C@@H](C)CCN1Cc1nc2cc(C(=O)OC)ccc2c(=O)[nH]1. The molecular formula is C18H23N3O3. The normalized spacial score (nSPS) is 21.3. The summed E-state index contributed by atoms with van der Waals surface area (Å²) < 4.78 is 4.73. The zero-order chi connectivity index (χ0) is 17.3. The highest BCUT2D eigenvalue weighted by Crippen LogP contribution is 2.27. The van der Waals surface area contributed by atoms with Crippen molar-refractivity contribution in [2.75, 3.05) is 13.7 Å². The van der Waals surface area contributed by atoms with Crippen LogP contribution in [0.5, 0.6) is 0 Å². The van der Waals surface area contributed by atoms with Crippen molar-refractivity contribution in [3.05, 3.63) is 39.9 Å². The first-order valence-electron chi connectivity index (χ1n) is 8.38. The molecule has 0 bridgehead atoms. The minimum Gasteiger partial charge on any atom is -0.465 e. The standard InChI is InChI=1S/C18H23N3O3/c1-4-15-11(2)7-8-21(15)10-16-19-14-9-12(18(23)24-3)5-6-13(14)17(22)20-16/h5-6,9,11,15H,4,7-8,10H2,1-3H3,(H,19,20,22)/t11-,15-/m0/s1. The molecule has 2 heterocycles. The van der Waals surface area contributed by atoms with E-state index in [1.54, 1.807) is 18.2 Å². The van der Waals surface area contributed by atoms with E-state index in [1.807, 2.05) is 0 Å². The molecule has 1 fully saturated rings. The van der Waals surface area contributed by atoms with Gasteiger partial charge in [-0.05, 0) is 43.5 Å². The number of benzene rings is 1. The molecule has 6 heteroatoms. The minimum atomic E-state index is -0.431. The second-order valence-corrected chi connectivity index (χ2v) is 6.45. The lowest BCUT2D eigenvalue weighted by atomic mass is 10.0. The number of aromatic nitrogens is 2. The summed E-state index contributed by atoms with van der Waals surface area (Å²) in [6, 6.07) is 5.33. The van der Waals surface area contributed by atoms with Crippen LogP contribution in [0.3, 0.4) is 0 Å². The summed E-state index contributed by atoms with van der Waals surface area (Å²) in [5.74, 6) is 0.870. The number of H-pyrrole nitrogens is 1. The van der Waals surface area contributed by atoms with Gasteiger partial charge in [0.25, 0.3) is 5.56 Å². The lowest BCUT2D eigenvalue weighted by Crippen LogP contribution is -2.32. The van der Waals surface area contributed by atoms with Crippen LogP contribution in [-0.2, 0) is 11.3 Å². The average Bonchev–Trinajstić information content (AvgIpc) is 2.93. The predicted molar refractivity (Wildman–Crippen MR) is 92.0 cm³/mol. The molecule has 1 aromatic heterocycles. The molecule has 0 unspecified atom stereocenters. The van der Waals surface area contributed by atoms with E-state index in [0.29, 0.717) is 40.8 Å². The van der Waals surface area contributed by atoms with E-state index >= 15 is 0 Å². The topological polar surface area (TPSA) is 75.3 Å². The van der Waals surface area contributed by atoms with Crippen LogP contribution in [0.4, 0.5) is 0 Å². The Balaban J connectivity index is 1.94. The third-order valence-electron chi connectivity index (χ3n) is 4.95. The third kappa shape index (κ3) is 3.06. The zero-order valence-electron chi connectivity index (χ0n) is 14.3. The number of likely N-dealkylation sites (tertiary alicyclic amines) is 1. The second-order valence-electron chi connectivity index (χ2n) is 6.45. The fraction of sp³-hybridized carbons (Fsp3) is 0.500. The summed E-state index contributed by atoms with van der Waals surface area (Å²) in [4.78, 5) is 33.8. The summed E-state index contributed by atoms with van der Waals surface area (Å²) >= 11 is 0. The van der Waals surface area contributed by atoms with E-state index in [9.17, 15) is 9.59 Å². The molecule has 1 N–H and O–H groups in total. The van der Waals surface area contributed by atoms with Crippen molar-refractivity contribution < 1.29 is 9.53 Å². The van der Waals surface area contributed by atoms with E-state index < -0.39 is 5.97 Å². The highest BCUT2D eigenvalue weighted by Gasteiger charge is 2.29. The maximum Gasteiger partial charge on any atom is 0.337 e. The van der Waals surface area contributed by atoms with Crippen molar-refractivity contribution in [1.82, 2.24) is 14.9 Å². The number of aromatic amines is 1. The molecule has 0 amide bonds. The Morgan fingerprint density at radius 2 is 2.25 bits per heavy atom. The number of rotatable bonds is 4. The van der Waals surface area contributed by atoms with Crippen LogP contribution in [0, 0.1) is 5.92 Å². The number of carbonyl (C=O) groups excluding carboxylic acids is 1. The third-order valence-corrected chi connectivity index (χ3v) is 4.95. The molecule has 6 nitrogen and oxygen atoms in total. The summed E-state index contributed by atoms with van der Waals surface area (Å²) in [5, 5.41) is 0.480. The highest BCUT2D eigenvalue weighted by atomic mass is 16.5. The Hall–Kier alpha value is -2.21. The molecule has 2 aromatic rings. The van der Waals surface area contributed by atoms with Crippen LogP contribution in [0.15, 0.2) is 23.0 Å². The van der Waals surface area contributed by atoms with Gasteiger partial charge in [-0.15, -0.1) is 0 Å². The molecule has 3 rings (SSSR count). The van der Waals surface area contributed by atoms with Gasteiger partial charge in [-0.3, -0.25) is 9.69 Å². The van der Waals surface area contributed by atoms with Crippen molar-refractivity contribution >= 4 is 16.9 Å². The van der Waals surface area contributed by atoms with Crippen LogP contribution in [0.2, 0.25) is 0 Å². The van der Waals surface area contributed by atoms with Gasteiger partial charge in [0.05, 0.1) is 30.1 Å². The van der Waals surface area contributed by atoms with Gasteiger partial charge < -0.3 is 9.72 Å². The van der Waals surface area contributed by atoms with E-state index in [0.717, 1.165) is 13.0 Å². The predicted octanol–water partition coefficient (Wildman–Crippen LogP) is 2.33. The van der Waals surface area contributed by atoms with Crippen LogP contribution < -0.4 is 5.56 Å². The van der Waals surface area contributed by atoms with Crippen molar-refractivity contribution in [3.8, 4) is 0 Å². The van der Waals surface area contributed by atoms with Gasteiger partial charge in [0.15, 0.2) is 0 Å². The highest BCUT2D eigenvalue weighted by molar-refractivity contribution is 5.93. The van der Waals surface area contributed by atoms with Crippen LogP contribution in [0.25, 0.3) is 10.9 Å². The zero-order valence-corrected chi connectivity index (χ0v) is 14.3. The molecule has 1 saturated heterocycles. The molecular weight excluding hydrogens is 306 g/mol. The van der Waals surface area contributed by atoms with Crippen LogP contribution in [0.1, 0.15) is 42.9 Å². The Bertz CT molecular complexity index is 815. The van der Waals surface area contributed by atoms with E-state index in [-0.39, 0.29) is 5.56 Å². The first-order chi connectivity index (χ1) is 11.5. The number of fused-ring (bicyclic) bond motifs is 1. The van der Waals surface area contributed by atoms with E-state index in [1.165, 1.54) is 13.5 Å². The largest absolute Gasteiger partial charge is 0.465 e. The maximum atomic E-state index is 12.3. The molecule has 1 aliphatic heterocycles. The number of ether oxygens (including phenoxy) is 1. The number of nitrogens with zero attached hydrogens (tertiary/aromatic N) is 2. The molecule has 1 aliphatic rings. The van der Waals surface area contributed by atoms with Gasteiger partial charge in [-0.2, -0.15) is 0 Å². The number of hydrogen-bond donors (Lipinski definition) is 1. The number of nitrogens with one attached hydrogen (secondary N) is 1. The van der Waals surface area contributed by atoms with Gasteiger partial charge >= 0.3 is 5.97 Å². The van der Waals surface area contributed by atoms with E-state index in [2.05, 4.69) is 28.7 Å². The second kappa shape index (κ2) is 6.73. The molecule has 128 valence electrons. The smallest absolute Gasteiger partial charge is 0.337 e. The maximum absolute atomic E-state index is 12.3. The number of carbonyl (C=O) groups is 1. The average molecular weight is 329 g/mol. The van der Waals surface area contributed by atoms with Crippen molar-refractivity contribution in [3.63, 3.8) is 0 Å². The molecule has 1 aromatic carbocycles. The summed E-state index contributed by atoms with van der Waals surface area (Å²) in [6.07, 6.45) is 2.26. The van der Waals surface area contributed by atoms with Crippen LogP contribution >= 0.6 is 0 Å². The van der Waals surface area contributed by atoms with Gasteiger partial charge in [0.1, 0.15) is 5.82 Å². The van der Waals surface area contributed by atoms with Crippen molar-refractivity contribution in [1.29, 1.82) is 0 Å². The molecule has 0 saturated carbocycles. The van der Waals surface area contributed by atoms with Gasteiger partial charge in [0, 0.05) is 6.04 Å². The summed E-state index contributed by atoms with van der Waals surface area (Å²) in [7, 11) is 1.34. The monoisotopic (exact) mass is 329 g/mol. The Morgan fingerprint density at radius 1 is 1.46 bits per heavy atom. The molecule has 24 heavy (non-hydrogen) atoms. The summed E-state index contributed by atoms with van der Waals surface area (Å²) in [6.45, 7) is 6.10. The Labute approximate surface area is 140 Å². The Morgan fingerprint density at radius 3 is 2.96 bits per heavy atom. The number of methoxy groups -OCH3 is 1. The fourth-order valence-corrected chi connectivity index (χ4v) is 3.64. The first kappa shape index (κ1) is 16.6. The quantitative estimate of drug-likeness (QED) is 0.871. The molecule has 0 radical (unpaired) electrons. The fourth-order valence-electron chi connectivity index (χ4n) is 3.64. The van der Waals surface area contributed by atoms with E-state index in [4.69, 9.17) is 4.74 Å². The van der Waals surface area contributed by atoms with Crippen LogP contribution in [-0.4, -0.2) is 40.5 Å². The lowest BCUT2D eigenvalue weighted by molar-refractivity contribution is 0.0601. The Kier molecular flexibility index (Phi) is 4.66. The van der Waals surface area contributed by atoms with Crippen molar-refractivity contribution in [2.24, 2.45) is 5.92 Å². The molecule has 0 aliphatic carbocycles. The molecule has 2 atom stereocenters. The van der Waals surface area contributed by atoms with Gasteiger partial charge in [0.2, 0.25) is 0 Å². The number of esters is 1. The first-order valence-corrected chi connectivity index (χ1v) is 8.38. The lowest BCUT2D eigenvalue weighted by Gasteiger charge is -2.25.